The first-order chi connectivity index (χ1) is 17.9. The Kier molecular flexibility index (Phi) is 5.52. The monoisotopic (exact) mass is 840 g/mol. The second-order valence-electron chi connectivity index (χ2n) is 8.37. The van der Waals surface area contributed by atoms with E-state index in [-0.39, 0.29) is 71.0 Å². The van der Waals surface area contributed by atoms with Crippen LogP contribution in [0.3, 0.4) is 0 Å². The summed E-state index contributed by atoms with van der Waals surface area (Å²) >= 11 is 41.2. The Labute approximate surface area is 263 Å². The number of carbonyl (C=O) groups is 4. The van der Waals surface area contributed by atoms with E-state index in [1.54, 1.807) is 0 Å². The summed E-state index contributed by atoms with van der Waals surface area (Å²) in [4.78, 5) is 51.7. The predicted molar refractivity (Wildman–Crippen MR) is 158 cm³/mol. The quantitative estimate of drug-likeness (QED) is 0.0668. The molecule has 0 saturated carbocycles. The van der Waals surface area contributed by atoms with Crippen molar-refractivity contribution in [3.8, 4) is 0 Å². The molecule has 6 nitrogen and oxygen atoms in total. The van der Waals surface area contributed by atoms with Gasteiger partial charge in [0.25, 0.3) is 0 Å². The fourth-order valence-electron chi connectivity index (χ4n) is 5.33. The normalized spacial score (nSPS) is 14.9. The minimum Gasteiger partial charge on any atom is -0.386 e. The molecule has 2 aliphatic rings. The van der Waals surface area contributed by atoms with Gasteiger partial charge in [-0.2, -0.15) is 0 Å². The fraction of sp³-hybridized carbons (Fsp3) is 0. The summed E-state index contributed by atoms with van der Waals surface area (Å²) in [7, 11) is 0. The number of cyclic esters (lactones) is 4. The molecule has 0 amide bonds. The molecular weight excluding hydrogens is 846 g/mol. The topological polar surface area (TPSA) is 86.7 Å². The molecule has 0 spiro atoms. The molecule has 14 heteroatoms. The van der Waals surface area contributed by atoms with Crippen LogP contribution in [0.2, 0.25) is 20.1 Å². The van der Waals surface area contributed by atoms with Crippen LogP contribution in [0.4, 0.5) is 0 Å². The first kappa shape index (κ1) is 25.7. The third-order valence-electron chi connectivity index (χ3n) is 6.71. The van der Waals surface area contributed by atoms with Gasteiger partial charge in [-0.25, -0.2) is 19.2 Å². The first-order valence-corrected chi connectivity index (χ1v) is 14.8. The SMILES string of the molecule is O=C1OC(=O)c2c(Br)c(Cl)c3c4c(Cl)c(Br)c5c6c(c(Br)c(Cl)c(c7c(Cl)c(Br)c1c2c73)c64)C(=O)OC5=O. The molecular formula is C24Br4Cl4O6. The van der Waals surface area contributed by atoms with Gasteiger partial charge in [0.05, 0.1) is 60.2 Å². The second kappa shape index (κ2) is 8.16. The van der Waals surface area contributed by atoms with E-state index in [4.69, 9.17) is 55.9 Å². The lowest BCUT2D eigenvalue weighted by molar-refractivity contribution is 0.0372. The van der Waals surface area contributed by atoms with Crippen LogP contribution in [0.5, 0.6) is 0 Å². The maximum atomic E-state index is 12.9. The van der Waals surface area contributed by atoms with Gasteiger partial charge in [-0.15, -0.1) is 0 Å². The van der Waals surface area contributed by atoms with Crippen molar-refractivity contribution in [2.75, 3.05) is 0 Å². The van der Waals surface area contributed by atoms with Gasteiger partial charge >= 0.3 is 23.9 Å². The molecule has 0 fully saturated rings. The van der Waals surface area contributed by atoms with E-state index in [1.165, 1.54) is 0 Å². The molecule has 0 atom stereocenters. The van der Waals surface area contributed by atoms with Crippen molar-refractivity contribution < 1.29 is 28.7 Å². The number of esters is 4. The van der Waals surface area contributed by atoms with E-state index < -0.39 is 23.9 Å². The van der Waals surface area contributed by atoms with E-state index in [0.717, 1.165) is 0 Å². The number of rotatable bonds is 0. The number of fused-ring (bicyclic) bond motifs is 2. The van der Waals surface area contributed by atoms with E-state index in [1.807, 2.05) is 0 Å². The average molecular weight is 846 g/mol. The lowest BCUT2D eigenvalue weighted by atomic mass is 9.83. The number of benzene rings is 5. The van der Waals surface area contributed by atoms with Crippen LogP contribution in [0.25, 0.3) is 43.1 Å². The van der Waals surface area contributed by atoms with Crippen molar-refractivity contribution in [2.45, 2.75) is 0 Å². The van der Waals surface area contributed by atoms with Crippen molar-refractivity contribution in [1.82, 2.24) is 0 Å². The van der Waals surface area contributed by atoms with Crippen molar-refractivity contribution in [1.29, 1.82) is 0 Å². The highest BCUT2D eigenvalue weighted by molar-refractivity contribution is 9.11. The van der Waals surface area contributed by atoms with Gasteiger partial charge in [0.15, 0.2) is 0 Å². The van der Waals surface area contributed by atoms with Crippen molar-refractivity contribution in [3.63, 3.8) is 0 Å². The molecule has 2 heterocycles. The Morgan fingerprint density at radius 2 is 0.579 bits per heavy atom. The third kappa shape index (κ3) is 2.81. The summed E-state index contributed by atoms with van der Waals surface area (Å²) in [6.45, 7) is 0. The van der Waals surface area contributed by atoms with Crippen LogP contribution in [0.15, 0.2) is 17.9 Å². The average Bonchev–Trinajstić information content (AvgIpc) is 2.85. The number of halogens is 8. The molecule has 0 bridgehead atoms. The number of ether oxygens (including phenoxy) is 2. The minimum absolute atomic E-state index is 0.0140. The van der Waals surface area contributed by atoms with Crippen molar-refractivity contribution >= 4 is 177 Å². The Morgan fingerprint density at radius 3 is 0.789 bits per heavy atom. The first-order valence-electron chi connectivity index (χ1n) is 10.1. The number of carbonyl (C=O) groups excluding carboxylic acids is 4. The molecule has 0 unspecified atom stereocenters. The zero-order chi connectivity index (χ0) is 27.3. The zero-order valence-electron chi connectivity index (χ0n) is 17.5. The van der Waals surface area contributed by atoms with E-state index in [2.05, 4.69) is 63.7 Å². The van der Waals surface area contributed by atoms with Crippen LogP contribution in [-0.4, -0.2) is 23.9 Å². The summed E-state index contributed by atoms with van der Waals surface area (Å²) in [5.74, 6) is -3.64. The Balaban J connectivity index is 2.01. The summed E-state index contributed by atoms with van der Waals surface area (Å²) < 4.78 is 10.6. The molecule has 0 aromatic heterocycles. The summed E-state index contributed by atoms with van der Waals surface area (Å²) in [5, 5.41) is 2.57. The van der Waals surface area contributed by atoms with Crippen LogP contribution >= 0.6 is 110 Å². The van der Waals surface area contributed by atoms with Gasteiger partial charge in [-0.1, -0.05) is 46.4 Å². The van der Waals surface area contributed by atoms with Crippen LogP contribution in [0, 0.1) is 0 Å². The van der Waals surface area contributed by atoms with Gasteiger partial charge in [0.2, 0.25) is 0 Å². The lowest BCUT2D eigenvalue weighted by Gasteiger charge is -2.28. The standard InChI is InChI=1S/C24Br4Cl4O6/c25-13-9-3-1-5(17(13)29)7-2-4-11(15(27)19(7)31)23(35)38-24(36)12(4)16(28)20(32)8(2)6(1)18(30)14(26)10(3)22(34)37-21(9)33. The maximum absolute atomic E-state index is 12.9. The predicted octanol–water partition coefficient (Wildman–Crippen LogP) is 10.0. The molecule has 5 aromatic rings. The highest BCUT2D eigenvalue weighted by Gasteiger charge is 2.41. The van der Waals surface area contributed by atoms with Gasteiger partial charge in [-0.3, -0.25) is 0 Å². The minimum atomic E-state index is -0.910. The molecule has 5 aromatic carbocycles. The largest absolute Gasteiger partial charge is 0.386 e. The van der Waals surface area contributed by atoms with Crippen LogP contribution in [-0.2, 0) is 9.47 Å². The van der Waals surface area contributed by atoms with Gasteiger partial charge in [0.1, 0.15) is 0 Å². The smallest absolute Gasteiger partial charge is 0.347 e. The molecule has 0 aliphatic carbocycles. The van der Waals surface area contributed by atoms with Gasteiger partial charge in [-0.05, 0) is 63.7 Å². The third-order valence-corrected chi connectivity index (χ3v) is 12.3. The highest BCUT2D eigenvalue weighted by Crippen LogP contribution is 2.58. The summed E-state index contributed by atoms with van der Waals surface area (Å²) in [6, 6.07) is 0. The highest BCUT2D eigenvalue weighted by atomic mass is 79.9. The fourth-order valence-corrected chi connectivity index (χ4v) is 8.70. The summed E-state index contributed by atoms with van der Waals surface area (Å²) in [6.07, 6.45) is 0. The van der Waals surface area contributed by atoms with Crippen LogP contribution < -0.4 is 0 Å². The van der Waals surface area contributed by atoms with Gasteiger partial charge < -0.3 is 9.47 Å². The number of hydrogen-bond acceptors (Lipinski definition) is 6. The lowest BCUT2D eigenvalue weighted by Crippen LogP contribution is -2.22. The van der Waals surface area contributed by atoms with Crippen LogP contribution in [0.1, 0.15) is 41.4 Å². The molecule has 7 rings (SSSR count). The zero-order valence-corrected chi connectivity index (χ0v) is 26.8. The maximum Gasteiger partial charge on any atom is 0.347 e. The van der Waals surface area contributed by atoms with E-state index in [9.17, 15) is 19.2 Å². The molecule has 2 aliphatic heterocycles. The number of hydrogen-bond donors (Lipinski definition) is 0. The molecule has 188 valence electrons. The molecule has 0 radical (unpaired) electrons. The Morgan fingerprint density at radius 1 is 0.368 bits per heavy atom. The Bertz CT molecular complexity index is 1850. The van der Waals surface area contributed by atoms with Gasteiger partial charge in [0, 0.05) is 43.1 Å². The Hall–Kier alpha value is -1.24. The van der Waals surface area contributed by atoms with E-state index in [0.29, 0.717) is 32.3 Å². The van der Waals surface area contributed by atoms with Crippen molar-refractivity contribution in [2.24, 2.45) is 0 Å². The van der Waals surface area contributed by atoms with Crippen molar-refractivity contribution in [3.05, 3.63) is 60.2 Å². The molecule has 0 saturated heterocycles. The second-order valence-corrected chi connectivity index (χ2v) is 13.0. The summed E-state index contributed by atoms with van der Waals surface area (Å²) in [5.41, 5.74) is 0.0561. The molecule has 0 N–H and O–H groups in total. The van der Waals surface area contributed by atoms with E-state index >= 15 is 0 Å². The molecule has 38 heavy (non-hydrogen) atoms.